The van der Waals surface area contributed by atoms with Gasteiger partial charge in [0.2, 0.25) is 0 Å². The van der Waals surface area contributed by atoms with Crippen LogP contribution in [-0.2, 0) is 0 Å². The molecule has 1 aliphatic rings. The molecule has 0 aromatic heterocycles. The average Bonchev–Trinajstić information content (AvgIpc) is 2.43. The van der Waals surface area contributed by atoms with Crippen LogP contribution >= 0.6 is 0 Å². The molecular formula is C11H27N. The van der Waals surface area contributed by atoms with Crippen LogP contribution in [0, 0.1) is 0 Å². The Labute approximate surface area is 79.2 Å². The number of likely N-dealkylation sites (tertiary alicyclic amines) is 1. The lowest BCUT2D eigenvalue weighted by Crippen LogP contribution is -2.27. The summed E-state index contributed by atoms with van der Waals surface area (Å²) in [5.74, 6) is 0. The quantitative estimate of drug-likeness (QED) is 0.541. The lowest BCUT2D eigenvalue weighted by atomic mass is 10.2. The molecule has 1 heterocycles. The van der Waals surface area contributed by atoms with Gasteiger partial charge in [0.25, 0.3) is 0 Å². The van der Waals surface area contributed by atoms with Crippen LogP contribution < -0.4 is 0 Å². The van der Waals surface area contributed by atoms with Gasteiger partial charge in [-0.1, -0.05) is 27.7 Å². The average molecular weight is 173 g/mol. The largest absolute Gasteiger partial charge is 0.301 e. The summed E-state index contributed by atoms with van der Waals surface area (Å²) < 4.78 is 0. The fraction of sp³-hybridized carbons (Fsp3) is 1.00. The molecule has 0 saturated carbocycles. The Balaban J connectivity index is 0. The van der Waals surface area contributed by atoms with Gasteiger partial charge in [-0.05, 0) is 33.7 Å². The highest BCUT2D eigenvalue weighted by molar-refractivity contribution is 4.78. The van der Waals surface area contributed by atoms with E-state index in [-0.39, 0.29) is 0 Å². The maximum absolute atomic E-state index is 2.44. The first-order valence-corrected chi connectivity index (χ1v) is 5.43. The fourth-order valence-electron chi connectivity index (χ4n) is 1.32. The van der Waals surface area contributed by atoms with E-state index in [4.69, 9.17) is 0 Å². The molecule has 76 valence electrons. The van der Waals surface area contributed by atoms with E-state index >= 15 is 0 Å². The summed E-state index contributed by atoms with van der Waals surface area (Å²) in [6.07, 6.45) is 2.77. The molecule has 0 bridgehead atoms. The van der Waals surface area contributed by atoms with Gasteiger partial charge >= 0.3 is 0 Å². The minimum Gasteiger partial charge on any atom is -0.301 e. The first kappa shape index (κ1) is 14.5. The number of rotatable bonds is 0. The minimum absolute atomic E-state index is 0.824. The summed E-state index contributed by atoms with van der Waals surface area (Å²) in [5.41, 5.74) is 0. The summed E-state index contributed by atoms with van der Waals surface area (Å²) in [4.78, 5) is 2.44. The third kappa shape index (κ3) is 4.76. The van der Waals surface area contributed by atoms with Crippen molar-refractivity contribution in [1.29, 1.82) is 0 Å². The zero-order valence-corrected chi connectivity index (χ0v) is 10.0. The van der Waals surface area contributed by atoms with Crippen molar-refractivity contribution in [1.82, 2.24) is 4.90 Å². The smallest absolute Gasteiger partial charge is 0.00672 e. The highest BCUT2D eigenvalue weighted by atomic mass is 15.2. The second kappa shape index (κ2) is 9.05. The van der Waals surface area contributed by atoms with Gasteiger partial charge in [-0.2, -0.15) is 0 Å². The van der Waals surface area contributed by atoms with Crippen LogP contribution in [0.25, 0.3) is 0 Å². The zero-order chi connectivity index (χ0) is 10.1. The van der Waals surface area contributed by atoms with Gasteiger partial charge in [0.05, 0.1) is 0 Å². The first-order chi connectivity index (χ1) is 5.72. The molecule has 12 heavy (non-hydrogen) atoms. The molecule has 1 heteroatoms. The van der Waals surface area contributed by atoms with Gasteiger partial charge < -0.3 is 4.90 Å². The Morgan fingerprint density at radius 3 is 1.17 bits per heavy atom. The molecule has 1 nitrogen and oxygen atoms in total. The van der Waals surface area contributed by atoms with E-state index in [9.17, 15) is 0 Å². The first-order valence-electron chi connectivity index (χ1n) is 5.43. The van der Waals surface area contributed by atoms with E-state index in [1.54, 1.807) is 0 Å². The van der Waals surface area contributed by atoms with Crippen molar-refractivity contribution in [3.8, 4) is 0 Å². The molecule has 1 saturated heterocycles. The van der Waals surface area contributed by atoms with Gasteiger partial charge in [-0.3, -0.25) is 0 Å². The maximum atomic E-state index is 2.44. The van der Waals surface area contributed by atoms with Gasteiger partial charge in [0.15, 0.2) is 0 Å². The molecule has 1 fully saturated rings. The molecule has 0 amide bonds. The normalized spacial score (nSPS) is 28.2. The van der Waals surface area contributed by atoms with Crippen LogP contribution in [0.1, 0.15) is 54.4 Å². The van der Waals surface area contributed by atoms with Crippen LogP contribution in [0.15, 0.2) is 0 Å². The van der Waals surface area contributed by atoms with Crippen molar-refractivity contribution in [2.24, 2.45) is 0 Å². The Bertz CT molecular complexity index is 71.1. The molecule has 0 aliphatic carbocycles. The van der Waals surface area contributed by atoms with Gasteiger partial charge in [-0.15, -0.1) is 0 Å². The van der Waals surface area contributed by atoms with Crippen LogP contribution in [-0.4, -0.2) is 24.0 Å². The number of hydrogen-bond acceptors (Lipinski definition) is 1. The van der Waals surface area contributed by atoms with Gasteiger partial charge in [0, 0.05) is 12.1 Å². The summed E-state index contributed by atoms with van der Waals surface area (Å²) in [6, 6.07) is 1.65. The predicted molar refractivity (Wildman–Crippen MR) is 58.6 cm³/mol. The lowest BCUT2D eigenvalue weighted by Gasteiger charge is -2.18. The Kier molecular flexibility index (Phi) is 10.9. The predicted octanol–water partition coefficient (Wildman–Crippen LogP) is 3.54. The fourth-order valence-corrected chi connectivity index (χ4v) is 1.32. The number of nitrogens with zero attached hydrogens (tertiary/aromatic N) is 1. The molecule has 0 aromatic carbocycles. The summed E-state index contributed by atoms with van der Waals surface area (Å²) >= 11 is 0. The van der Waals surface area contributed by atoms with Crippen LogP contribution in [0.5, 0.6) is 0 Å². The lowest BCUT2D eigenvalue weighted by molar-refractivity contribution is 0.267. The van der Waals surface area contributed by atoms with Crippen molar-refractivity contribution in [3.05, 3.63) is 0 Å². The second-order valence-corrected chi connectivity index (χ2v) is 2.94. The molecule has 2 atom stereocenters. The summed E-state index contributed by atoms with van der Waals surface area (Å²) in [5, 5.41) is 0. The third-order valence-electron chi connectivity index (χ3n) is 2.39. The van der Waals surface area contributed by atoms with Crippen LogP contribution in [0.4, 0.5) is 0 Å². The van der Waals surface area contributed by atoms with E-state index in [1.165, 1.54) is 12.8 Å². The van der Waals surface area contributed by atoms with Crippen LogP contribution in [0.3, 0.4) is 0 Å². The van der Waals surface area contributed by atoms with Crippen molar-refractivity contribution >= 4 is 0 Å². The van der Waals surface area contributed by atoms with Gasteiger partial charge in [0.1, 0.15) is 0 Å². The second-order valence-electron chi connectivity index (χ2n) is 2.94. The topological polar surface area (TPSA) is 3.24 Å². The Hall–Kier alpha value is -0.0400. The molecule has 0 N–H and O–H groups in total. The van der Waals surface area contributed by atoms with E-state index in [1.807, 2.05) is 27.7 Å². The highest BCUT2D eigenvalue weighted by Gasteiger charge is 2.22. The van der Waals surface area contributed by atoms with Crippen molar-refractivity contribution < 1.29 is 0 Å². The summed E-state index contributed by atoms with van der Waals surface area (Å²) in [6.45, 7) is 12.6. The van der Waals surface area contributed by atoms with Crippen molar-refractivity contribution in [2.75, 3.05) is 7.05 Å². The highest BCUT2D eigenvalue weighted by Crippen LogP contribution is 2.20. The maximum Gasteiger partial charge on any atom is 0.00672 e. The standard InChI is InChI=1S/C7H15N.2C2H6/c1-6-4-5-7(2)8(6)3;2*1-2/h6-7H,4-5H2,1-3H3;2*1-2H3. The van der Waals surface area contributed by atoms with E-state index in [0.717, 1.165) is 12.1 Å². The van der Waals surface area contributed by atoms with Crippen LogP contribution in [0.2, 0.25) is 0 Å². The van der Waals surface area contributed by atoms with E-state index in [2.05, 4.69) is 25.8 Å². The SMILES string of the molecule is CC.CC.CC1CCC(C)N1C. The third-order valence-corrected chi connectivity index (χ3v) is 2.39. The molecule has 1 rings (SSSR count). The molecular weight excluding hydrogens is 146 g/mol. The van der Waals surface area contributed by atoms with Crippen molar-refractivity contribution in [2.45, 2.75) is 66.5 Å². The minimum atomic E-state index is 0.824. The zero-order valence-electron chi connectivity index (χ0n) is 10.0. The molecule has 0 aromatic rings. The van der Waals surface area contributed by atoms with Crippen molar-refractivity contribution in [3.63, 3.8) is 0 Å². The summed E-state index contributed by atoms with van der Waals surface area (Å²) in [7, 11) is 2.21. The Morgan fingerprint density at radius 1 is 0.833 bits per heavy atom. The van der Waals surface area contributed by atoms with Gasteiger partial charge in [-0.25, -0.2) is 0 Å². The molecule has 1 aliphatic heterocycles. The molecule has 0 spiro atoms. The number of hydrogen-bond donors (Lipinski definition) is 0. The monoisotopic (exact) mass is 173 g/mol. The van der Waals surface area contributed by atoms with E-state index in [0.29, 0.717) is 0 Å². The molecule has 0 radical (unpaired) electrons. The Morgan fingerprint density at radius 2 is 1.08 bits per heavy atom. The van der Waals surface area contributed by atoms with E-state index < -0.39 is 0 Å². The molecule has 2 unspecified atom stereocenters.